The number of nitrogens with one attached hydrogen (secondary N) is 1. The SMILES string of the molecule is COC(=O)c1ccc(-c2ccc(NC(C)=O)cc2C)c(C)c1. The van der Waals surface area contributed by atoms with Gasteiger partial charge in [0.25, 0.3) is 0 Å². The van der Waals surface area contributed by atoms with Crippen LogP contribution in [0.5, 0.6) is 0 Å². The summed E-state index contributed by atoms with van der Waals surface area (Å²) in [4.78, 5) is 22.7. The molecule has 0 heterocycles. The third-order valence-corrected chi connectivity index (χ3v) is 3.48. The molecule has 0 aliphatic rings. The minimum absolute atomic E-state index is 0.0919. The highest BCUT2D eigenvalue weighted by atomic mass is 16.5. The lowest BCUT2D eigenvalue weighted by Gasteiger charge is -2.12. The number of benzene rings is 2. The van der Waals surface area contributed by atoms with Crippen LogP contribution >= 0.6 is 0 Å². The Morgan fingerprint density at radius 3 is 2.05 bits per heavy atom. The molecule has 0 aliphatic carbocycles. The number of amides is 1. The predicted octanol–water partition coefficient (Wildman–Crippen LogP) is 3.72. The lowest BCUT2D eigenvalue weighted by Crippen LogP contribution is -2.06. The van der Waals surface area contributed by atoms with Crippen molar-refractivity contribution >= 4 is 17.6 Å². The summed E-state index contributed by atoms with van der Waals surface area (Å²) in [5, 5.41) is 2.77. The van der Waals surface area contributed by atoms with Gasteiger partial charge in [0, 0.05) is 12.6 Å². The van der Waals surface area contributed by atoms with Crippen LogP contribution in [0.1, 0.15) is 28.4 Å². The Morgan fingerprint density at radius 1 is 0.955 bits per heavy atom. The Morgan fingerprint density at radius 2 is 1.55 bits per heavy atom. The molecule has 1 N–H and O–H groups in total. The van der Waals surface area contributed by atoms with Crippen LogP contribution in [0.2, 0.25) is 0 Å². The van der Waals surface area contributed by atoms with Crippen molar-refractivity contribution in [3.63, 3.8) is 0 Å². The summed E-state index contributed by atoms with van der Waals surface area (Å²) in [6, 6.07) is 11.3. The van der Waals surface area contributed by atoms with Crippen molar-refractivity contribution in [2.24, 2.45) is 0 Å². The number of hydrogen-bond acceptors (Lipinski definition) is 3. The van der Waals surface area contributed by atoms with Crippen LogP contribution in [0, 0.1) is 13.8 Å². The van der Waals surface area contributed by atoms with Gasteiger partial charge in [-0.1, -0.05) is 12.1 Å². The highest BCUT2D eigenvalue weighted by Crippen LogP contribution is 2.29. The van der Waals surface area contributed by atoms with Crippen LogP contribution in [-0.4, -0.2) is 19.0 Å². The van der Waals surface area contributed by atoms with Crippen molar-refractivity contribution in [3.05, 3.63) is 53.1 Å². The zero-order valence-corrected chi connectivity index (χ0v) is 13.2. The van der Waals surface area contributed by atoms with Crippen molar-refractivity contribution in [1.82, 2.24) is 0 Å². The number of rotatable bonds is 3. The van der Waals surface area contributed by atoms with E-state index >= 15 is 0 Å². The van der Waals surface area contributed by atoms with E-state index < -0.39 is 0 Å². The van der Waals surface area contributed by atoms with Gasteiger partial charge < -0.3 is 10.1 Å². The molecule has 2 aromatic rings. The van der Waals surface area contributed by atoms with Gasteiger partial charge in [0.2, 0.25) is 5.91 Å². The third kappa shape index (κ3) is 3.34. The molecule has 0 saturated carbocycles. The Balaban J connectivity index is 2.40. The zero-order chi connectivity index (χ0) is 16.3. The highest BCUT2D eigenvalue weighted by Gasteiger charge is 2.10. The Bertz CT molecular complexity index is 735. The average Bonchev–Trinajstić information content (AvgIpc) is 2.46. The third-order valence-electron chi connectivity index (χ3n) is 3.48. The number of carbonyl (C=O) groups excluding carboxylic acids is 2. The van der Waals surface area contributed by atoms with Crippen molar-refractivity contribution in [2.75, 3.05) is 12.4 Å². The van der Waals surface area contributed by atoms with Gasteiger partial charge in [0.1, 0.15) is 0 Å². The Hall–Kier alpha value is -2.62. The molecular weight excluding hydrogens is 278 g/mol. The molecule has 2 aromatic carbocycles. The molecular formula is C18H19NO3. The number of ether oxygens (including phenoxy) is 1. The molecule has 0 spiro atoms. The van der Waals surface area contributed by atoms with Crippen LogP contribution in [0.25, 0.3) is 11.1 Å². The molecule has 0 unspecified atom stereocenters. The van der Waals surface area contributed by atoms with Gasteiger partial charge in [0.15, 0.2) is 0 Å². The fourth-order valence-electron chi connectivity index (χ4n) is 2.46. The number of methoxy groups -OCH3 is 1. The van der Waals surface area contributed by atoms with E-state index in [1.165, 1.54) is 14.0 Å². The van der Waals surface area contributed by atoms with E-state index in [0.29, 0.717) is 5.56 Å². The molecule has 0 bridgehead atoms. The first kappa shape index (κ1) is 15.8. The quantitative estimate of drug-likeness (QED) is 0.879. The smallest absolute Gasteiger partial charge is 0.337 e. The fourth-order valence-corrected chi connectivity index (χ4v) is 2.46. The van der Waals surface area contributed by atoms with E-state index in [1.807, 2.05) is 44.2 Å². The number of aryl methyl sites for hydroxylation is 2. The summed E-state index contributed by atoms with van der Waals surface area (Å²) in [6.07, 6.45) is 0. The standard InChI is InChI=1S/C18H19NO3/c1-11-9-14(18(21)22-4)5-7-16(11)17-8-6-15(10-12(17)2)19-13(3)20/h5-10H,1-4H3,(H,19,20). The van der Waals surface area contributed by atoms with Gasteiger partial charge in [0.05, 0.1) is 12.7 Å². The topological polar surface area (TPSA) is 55.4 Å². The van der Waals surface area contributed by atoms with Crippen molar-refractivity contribution < 1.29 is 14.3 Å². The number of anilines is 1. The molecule has 4 nitrogen and oxygen atoms in total. The van der Waals surface area contributed by atoms with Crippen LogP contribution in [0.3, 0.4) is 0 Å². The molecule has 2 rings (SSSR count). The van der Waals surface area contributed by atoms with Gasteiger partial charge in [-0.2, -0.15) is 0 Å². The molecule has 0 aromatic heterocycles. The average molecular weight is 297 g/mol. The van der Waals surface area contributed by atoms with E-state index in [0.717, 1.165) is 27.9 Å². The fraction of sp³-hybridized carbons (Fsp3) is 0.222. The van der Waals surface area contributed by atoms with Crippen LogP contribution in [0.15, 0.2) is 36.4 Å². The molecule has 114 valence electrons. The summed E-state index contributed by atoms with van der Waals surface area (Å²) >= 11 is 0. The van der Waals surface area contributed by atoms with Gasteiger partial charge >= 0.3 is 5.97 Å². The number of hydrogen-bond donors (Lipinski definition) is 1. The maximum Gasteiger partial charge on any atom is 0.337 e. The van der Waals surface area contributed by atoms with E-state index in [1.54, 1.807) is 6.07 Å². The first-order valence-corrected chi connectivity index (χ1v) is 7.00. The lowest BCUT2D eigenvalue weighted by atomic mass is 9.95. The van der Waals surface area contributed by atoms with Gasteiger partial charge in [-0.05, 0) is 60.4 Å². The Labute approximate surface area is 130 Å². The predicted molar refractivity (Wildman–Crippen MR) is 87.0 cm³/mol. The van der Waals surface area contributed by atoms with Crippen molar-refractivity contribution in [1.29, 1.82) is 0 Å². The summed E-state index contributed by atoms with van der Waals surface area (Å²) in [6.45, 7) is 5.44. The van der Waals surface area contributed by atoms with Crippen molar-refractivity contribution in [3.8, 4) is 11.1 Å². The zero-order valence-electron chi connectivity index (χ0n) is 13.2. The van der Waals surface area contributed by atoms with Gasteiger partial charge in [-0.3, -0.25) is 4.79 Å². The number of carbonyl (C=O) groups is 2. The Kier molecular flexibility index (Phi) is 4.61. The van der Waals surface area contributed by atoms with Crippen molar-refractivity contribution in [2.45, 2.75) is 20.8 Å². The van der Waals surface area contributed by atoms with Crippen LogP contribution in [0.4, 0.5) is 5.69 Å². The molecule has 0 atom stereocenters. The first-order valence-electron chi connectivity index (χ1n) is 7.00. The molecule has 22 heavy (non-hydrogen) atoms. The summed E-state index contributed by atoms with van der Waals surface area (Å²) in [5.41, 5.74) is 5.50. The van der Waals surface area contributed by atoms with Crippen LogP contribution < -0.4 is 5.32 Å². The second-order valence-electron chi connectivity index (χ2n) is 5.23. The van der Waals surface area contributed by atoms with Gasteiger partial charge in [-0.25, -0.2) is 4.79 Å². The van der Waals surface area contributed by atoms with E-state index in [-0.39, 0.29) is 11.9 Å². The maximum absolute atomic E-state index is 11.6. The normalized spacial score (nSPS) is 10.2. The molecule has 4 heteroatoms. The molecule has 0 aliphatic heterocycles. The second kappa shape index (κ2) is 6.43. The van der Waals surface area contributed by atoms with E-state index in [9.17, 15) is 9.59 Å². The molecule has 0 radical (unpaired) electrons. The largest absolute Gasteiger partial charge is 0.465 e. The van der Waals surface area contributed by atoms with Gasteiger partial charge in [-0.15, -0.1) is 0 Å². The summed E-state index contributed by atoms with van der Waals surface area (Å²) < 4.78 is 4.73. The monoisotopic (exact) mass is 297 g/mol. The first-order chi connectivity index (χ1) is 10.4. The molecule has 0 saturated heterocycles. The number of esters is 1. The summed E-state index contributed by atoms with van der Waals surface area (Å²) in [7, 11) is 1.37. The minimum Gasteiger partial charge on any atom is -0.465 e. The minimum atomic E-state index is -0.340. The van der Waals surface area contributed by atoms with Crippen LogP contribution in [-0.2, 0) is 9.53 Å². The van der Waals surface area contributed by atoms with E-state index in [4.69, 9.17) is 4.74 Å². The van der Waals surface area contributed by atoms with E-state index in [2.05, 4.69) is 5.32 Å². The lowest BCUT2D eigenvalue weighted by molar-refractivity contribution is -0.114. The highest BCUT2D eigenvalue weighted by molar-refractivity contribution is 5.91. The summed E-state index contributed by atoms with van der Waals surface area (Å²) in [5.74, 6) is -0.432. The molecule has 1 amide bonds. The molecule has 0 fully saturated rings. The maximum atomic E-state index is 11.6. The second-order valence-corrected chi connectivity index (χ2v) is 5.23.